The Labute approximate surface area is 173 Å². The number of ether oxygens (including phenoxy) is 1. The first-order valence-electron chi connectivity index (χ1n) is 8.86. The summed E-state index contributed by atoms with van der Waals surface area (Å²) in [4.78, 5) is 8.32. The maximum Gasteiger partial charge on any atom is 0.299 e. The van der Waals surface area contributed by atoms with Crippen molar-refractivity contribution in [1.82, 2.24) is 14.5 Å². The number of anilines is 2. The lowest BCUT2D eigenvalue weighted by atomic mass is 10.1. The minimum Gasteiger partial charge on any atom is -0.495 e. The molecule has 4 aromatic rings. The second-order valence-electron chi connectivity index (χ2n) is 6.53. The first-order valence-corrected chi connectivity index (χ1v) is 10.4. The number of rotatable bonds is 6. The highest BCUT2D eigenvalue weighted by Crippen LogP contribution is 2.32. The summed E-state index contributed by atoms with van der Waals surface area (Å²) in [6, 6.07) is 12.2. The lowest BCUT2D eigenvalue weighted by molar-refractivity contribution is 0.416. The molecule has 3 N–H and O–H groups in total. The third-order valence-corrected chi connectivity index (χ3v) is 5.42. The predicted molar refractivity (Wildman–Crippen MR) is 112 cm³/mol. The second kappa shape index (κ2) is 7.65. The molecule has 154 valence electrons. The van der Waals surface area contributed by atoms with Gasteiger partial charge in [-0.25, -0.2) is 23.5 Å². The molecule has 0 aliphatic carbocycles. The normalized spacial score (nSPS) is 11.4. The number of nitrogens with zero attached hydrogens (tertiary/aromatic N) is 3. The van der Waals surface area contributed by atoms with Gasteiger partial charge in [0.25, 0.3) is 6.01 Å². The van der Waals surface area contributed by atoms with Crippen molar-refractivity contribution in [2.45, 2.75) is 4.90 Å². The molecule has 0 atom stereocenters. The van der Waals surface area contributed by atoms with Crippen LogP contribution in [0.15, 0.2) is 70.5 Å². The average Bonchev–Trinajstić information content (AvgIpc) is 3.36. The number of aryl methyl sites for hydroxylation is 1. The van der Waals surface area contributed by atoms with E-state index in [1.807, 2.05) is 35.9 Å². The van der Waals surface area contributed by atoms with Gasteiger partial charge in [-0.05, 0) is 24.3 Å². The second-order valence-corrected chi connectivity index (χ2v) is 8.09. The third-order valence-electron chi connectivity index (χ3n) is 4.51. The van der Waals surface area contributed by atoms with Crippen LogP contribution in [0, 0.1) is 0 Å². The number of sulfonamides is 1. The molecule has 0 saturated carbocycles. The van der Waals surface area contributed by atoms with Gasteiger partial charge < -0.3 is 19.0 Å². The smallest absolute Gasteiger partial charge is 0.299 e. The zero-order valence-electron chi connectivity index (χ0n) is 16.2. The molecule has 0 aliphatic rings. The van der Waals surface area contributed by atoms with Gasteiger partial charge in [0.15, 0.2) is 5.76 Å². The van der Waals surface area contributed by atoms with Crippen molar-refractivity contribution in [3.63, 3.8) is 0 Å². The summed E-state index contributed by atoms with van der Waals surface area (Å²) in [5.41, 5.74) is 3.15. The summed E-state index contributed by atoms with van der Waals surface area (Å²) < 4.78 is 36.3. The highest BCUT2D eigenvalue weighted by molar-refractivity contribution is 7.89. The Morgan fingerprint density at radius 3 is 2.63 bits per heavy atom. The number of benzene rings is 2. The third kappa shape index (κ3) is 3.91. The van der Waals surface area contributed by atoms with E-state index in [1.165, 1.54) is 25.3 Å². The zero-order valence-corrected chi connectivity index (χ0v) is 17.1. The molecule has 2 aromatic heterocycles. The Kier molecular flexibility index (Phi) is 5.02. The van der Waals surface area contributed by atoms with Gasteiger partial charge in [-0.3, -0.25) is 0 Å². The van der Waals surface area contributed by atoms with Crippen molar-refractivity contribution in [2.75, 3.05) is 12.4 Å². The summed E-state index contributed by atoms with van der Waals surface area (Å²) in [6.07, 6.45) is 5.11. The molecule has 0 bridgehead atoms. The molecule has 30 heavy (non-hydrogen) atoms. The number of imidazole rings is 1. The average molecular weight is 425 g/mol. The van der Waals surface area contributed by atoms with Crippen LogP contribution in [0.2, 0.25) is 0 Å². The molecule has 4 rings (SSSR count). The van der Waals surface area contributed by atoms with Crippen LogP contribution in [-0.2, 0) is 17.1 Å². The van der Waals surface area contributed by atoms with Crippen molar-refractivity contribution in [1.29, 1.82) is 0 Å². The molecule has 0 aliphatic heterocycles. The Bertz CT molecular complexity index is 1310. The standard InChI is InChI=1S/C20H19N5O4S/c1-25-12-22-10-17(25)13-4-3-5-14(8-13)19-11-23-20(29-19)24-16-9-15(30(21,26)27)6-7-18(16)28-2/h3-12H,1-2H3,(H,23,24)(H2,21,26,27). The molecule has 0 unspecified atom stereocenters. The van der Waals surface area contributed by atoms with Crippen LogP contribution in [0.25, 0.3) is 22.6 Å². The Morgan fingerprint density at radius 2 is 1.93 bits per heavy atom. The van der Waals surface area contributed by atoms with Gasteiger partial charge in [0, 0.05) is 18.2 Å². The van der Waals surface area contributed by atoms with E-state index in [1.54, 1.807) is 18.7 Å². The summed E-state index contributed by atoms with van der Waals surface area (Å²) >= 11 is 0. The van der Waals surface area contributed by atoms with E-state index in [-0.39, 0.29) is 10.9 Å². The van der Waals surface area contributed by atoms with Gasteiger partial charge in [-0.1, -0.05) is 18.2 Å². The van der Waals surface area contributed by atoms with Crippen LogP contribution in [0.4, 0.5) is 11.7 Å². The number of nitrogens with two attached hydrogens (primary N) is 1. The van der Waals surface area contributed by atoms with E-state index < -0.39 is 10.0 Å². The molecule has 0 spiro atoms. The molecule has 10 heteroatoms. The van der Waals surface area contributed by atoms with Gasteiger partial charge in [-0.15, -0.1) is 0 Å². The SMILES string of the molecule is COc1ccc(S(N)(=O)=O)cc1Nc1ncc(-c2cccc(-c3cncn3C)c2)o1. The molecular weight excluding hydrogens is 406 g/mol. The summed E-state index contributed by atoms with van der Waals surface area (Å²) in [5, 5.41) is 8.15. The topological polar surface area (TPSA) is 125 Å². The molecule has 0 fully saturated rings. The number of hydrogen-bond acceptors (Lipinski definition) is 7. The van der Waals surface area contributed by atoms with Crippen molar-refractivity contribution < 1.29 is 17.6 Å². The van der Waals surface area contributed by atoms with Gasteiger partial charge in [0.2, 0.25) is 10.0 Å². The highest BCUT2D eigenvalue weighted by atomic mass is 32.2. The lowest BCUT2D eigenvalue weighted by Gasteiger charge is -2.10. The van der Waals surface area contributed by atoms with Crippen LogP contribution >= 0.6 is 0 Å². The van der Waals surface area contributed by atoms with E-state index in [0.29, 0.717) is 17.2 Å². The van der Waals surface area contributed by atoms with E-state index in [4.69, 9.17) is 14.3 Å². The number of hydrogen-bond donors (Lipinski definition) is 2. The molecule has 0 radical (unpaired) electrons. The Morgan fingerprint density at radius 1 is 1.13 bits per heavy atom. The van der Waals surface area contributed by atoms with E-state index in [2.05, 4.69) is 15.3 Å². The summed E-state index contributed by atoms with van der Waals surface area (Å²) in [7, 11) is -0.464. The summed E-state index contributed by atoms with van der Waals surface area (Å²) in [6.45, 7) is 0. The van der Waals surface area contributed by atoms with Gasteiger partial charge in [0.05, 0.1) is 42.1 Å². The van der Waals surface area contributed by atoms with Gasteiger partial charge in [0.1, 0.15) is 5.75 Å². The van der Waals surface area contributed by atoms with Crippen LogP contribution < -0.4 is 15.2 Å². The first kappa shape index (κ1) is 19.7. The van der Waals surface area contributed by atoms with Crippen LogP contribution in [0.5, 0.6) is 5.75 Å². The van der Waals surface area contributed by atoms with Crippen molar-refractivity contribution >= 4 is 21.7 Å². The number of nitrogens with one attached hydrogen (secondary N) is 1. The molecular formula is C20H19N5O4S. The van der Waals surface area contributed by atoms with Gasteiger partial charge in [-0.2, -0.15) is 0 Å². The number of aromatic nitrogens is 3. The van der Waals surface area contributed by atoms with E-state index >= 15 is 0 Å². The Balaban J connectivity index is 1.64. The van der Waals surface area contributed by atoms with Crippen LogP contribution in [-0.4, -0.2) is 30.1 Å². The monoisotopic (exact) mass is 425 g/mol. The highest BCUT2D eigenvalue weighted by Gasteiger charge is 2.15. The number of methoxy groups -OCH3 is 1. The fourth-order valence-electron chi connectivity index (χ4n) is 3.01. The fraction of sp³-hybridized carbons (Fsp3) is 0.100. The van der Waals surface area contributed by atoms with Gasteiger partial charge >= 0.3 is 0 Å². The maximum absolute atomic E-state index is 11.6. The van der Waals surface area contributed by atoms with E-state index in [9.17, 15) is 8.42 Å². The van der Waals surface area contributed by atoms with Crippen LogP contribution in [0.3, 0.4) is 0 Å². The minimum absolute atomic E-state index is 0.0542. The summed E-state index contributed by atoms with van der Waals surface area (Å²) in [5.74, 6) is 0.962. The zero-order chi connectivity index (χ0) is 21.3. The number of primary sulfonamides is 1. The Hall–Kier alpha value is -3.63. The fourth-order valence-corrected chi connectivity index (χ4v) is 3.55. The maximum atomic E-state index is 11.6. The molecule has 0 saturated heterocycles. The molecule has 2 heterocycles. The van der Waals surface area contributed by atoms with E-state index in [0.717, 1.165) is 16.8 Å². The lowest BCUT2D eigenvalue weighted by Crippen LogP contribution is -2.12. The number of oxazole rings is 1. The quantitative estimate of drug-likeness (QED) is 0.486. The molecule has 0 amide bonds. The largest absolute Gasteiger partial charge is 0.495 e. The van der Waals surface area contributed by atoms with Crippen molar-refractivity contribution in [3.05, 3.63) is 61.2 Å². The van der Waals surface area contributed by atoms with Crippen molar-refractivity contribution in [2.24, 2.45) is 12.2 Å². The molecule has 2 aromatic carbocycles. The first-order chi connectivity index (χ1) is 14.3. The van der Waals surface area contributed by atoms with Crippen LogP contribution in [0.1, 0.15) is 0 Å². The molecule has 9 nitrogen and oxygen atoms in total. The minimum atomic E-state index is -3.86. The van der Waals surface area contributed by atoms with Crippen molar-refractivity contribution in [3.8, 4) is 28.3 Å². The predicted octanol–water partition coefficient (Wildman–Crippen LogP) is 3.14.